The Morgan fingerprint density at radius 3 is 2.30 bits per heavy atom. The lowest BCUT2D eigenvalue weighted by Gasteiger charge is -2.53. The van der Waals surface area contributed by atoms with Crippen molar-refractivity contribution in [3.05, 3.63) is 17.0 Å². The molecule has 20 heavy (non-hydrogen) atoms. The molecule has 104 valence electrons. The standard InChI is InChI=1S/C15H16N2O3/c16-6-11-13(17-20-14(11)15(18)19)12-9-2-7-1-8(4-9)5-10(12)3-7/h7-10,12H,1-5H2,(H,18,19). The van der Waals surface area contributed by atoms with E-state index in [9.17, 15) is 10.1 Å². The quantitative estimate of drug-likeness (QED) is 0.894. The number of rotatable bonds is 2. The van der Waals surface area contributed by atoms with Crippen molar-refractivity contribution >= 4 is 5.97 Å². The zero-order chi connectivity index (χ0) is 13.9. The molecular weight excluding hydrogens is 256 g/mol. The fourth-order valence-corrected chi connectivity index (χ4v) is 5.16. The van der Waals surface area contributed by atoms with E-state index in [1.165, 1.54) is 32.1 Å². The number of nitrogens with zero attached hydrogens (tertiary/aromatic N) is 2. The second-order valence-corrected chi connectivity index (χ2v) is 6.65. The Hall–Kier alpha value is -1.83. The first-order chi connectivity index (χ1) is 9.67. The van der Waals surface area contributed by atoms with Gasteiger partial charge < -0.3 is 9.63 Å². The number of aromatic carboxylic acids is 1. The lowest BCUT2D eigenvalue weighted by atomic mass is 9.51. The highest BCUT2D eigenvalue weighted by Crippen LogP contribution is 2.59. The van der Waals surface area contributed by atoms with Crippen LogP contribution >= 0.6 is 0 Å². The van der Waals surface area contributed by atoms with Gasteiger partial charge in [-0.3, -0.25) is 0 Å². The molecule has 4 saturated carbocycles. The normalized spacial score (nSPS) is 37.9. The zero-order valence-electron chi connectivity index (χ0n) is 11.1. The summed E-state index contributed by atoms with van der Waals surface area (Å²) in [6, 6.07) is 2.00. The van der Waals surface area contributed by atoms with Crippen LogP contribution < -0.4 is 0 Å². The van der Waals surface area contributed by atoms with Gasteiger partial charge in [0.15, 0.2) is 0 Å². The first-order valence-corrected chi connectivity index (χ1v) is 7.30. The van der Waals surface area contributed by atoms with Gasteiger partial charge in [0.05, 0.1) is 0 Å². The molecule has 0 aliphatic heterocycles. The van der Waals surface area contributed by atoms with Gasteiger partial charge in [0, 0.05) is 5.92 Å². The third kappa shape index (κ3) is 1.54. The molecule has 5 nitrogen and oxygen atoms in total. The Bertz CT molecular complexity index is 585. The van der Waals surface area contributed by atoms with Crippen molar-refractivity contribution in [2.75, 3.05) is 0 Å². The van der Waals surface area contributed by atoms with E-state index >= 15 is 0 Å². The van der Waals surface area contributed by atoms with Gasteiger partial charge in [-0.05, 0) is 55.8 Å². The molecule has 0 amide bonds. The molecule has 4 fully saturated rings. The summed E-state index contributed by atoms with van der Waals surface area (Å²) in [5.74, 6) is 1.53. The summed E-state index contributed by atoms with van der Waals surface area (Å²) >= 11 is 0. The summed E-state index contributed by atoms with van der Waals surface area (Å²) < 4.78 is 4.93. The van der Waals surface area contributed by atoms with Crippen LogP contribution in [0.1, 0.15) is 59.8 Å². The molecule has 0 unspecified atom stereocenters. The maximum Gasteiger partial charge on any atom is 0.376 e. The number of carboxylic acids is 1. The predicted molar refractivity (Wildman–Crippen MR) is 68.0 cm³/mol. The fourth-order valence-electron chi connectivity index (χ4n) is 5.16. The van der Waals surface area contributed by atoms with Crippen molar-refractivity contribution in [3.63, 3.8) is 0 Å². The molecule has 1 N–H and O–H groups in total. The Morgan fingerprint density at radius 1 is 1.20 bits per heavy atom. The van der Waals surface area contributed by atoms with Gasteiger partial charge in [0.1, 0.15) is 17.3 Å². The van der Waals surface area contributed by atoms with Gasteiger partial charge >= 0.3 is 5.97 Å². The minimum absolute atomic E-state index is 0.148. The molecule has 4 bridgehead atoms. The summed E-state index contributed by atoms with van der Waals surface area (Å²) in [5.41, 5.74) is 0.758. The molecule has 1 aromatic rings. The third-order valence-electron chi connectivity index (χ3n) is 5.57. The Balaban J connectivity index is 1.75. The number of hydrogen-bond acceptors (Lipinski definition) is 4. The van der Waals surface area contributed by atoms with Crippen molar-refractivity contribution in [3.8, 4) is 6.07 Å². The lowest BCUT2D eigenvalue weighted by Crippen LogP contribution is -2.44. The second-order valence-electron chi connectivity index (χ2n) is 6.65. The van der Waals surface area contributed by atoms with E-state index in [2.05, 4.69) is 5.16 Å². The Kier molecular flexibility index (Phi) is 2.44. The van der Waals surface area contributed by atoms with Crippen molar-refractivity contribution < 1.29 is 14.4 Å². The fraction of sp³-hybridized carbons (Fsp3) is 0.667. The second kappa shape index (κ2) is 4.08. The number of aromatic nitrogens is 1. The van der Waals surface area contributed by atoms with Crippen LogP contribution in [0.25, 0.3) is 0 Å². The molecular formula is C15H16N2O3. The first-order valence-electron chi connectivity index (χ1n) is 7.30. The molecule has 0 saturated heterocycles. The average molecular weight is 272 g/mol. The van der Waals surface area contributed by atoms with E-state index in [1.807, 2.05) is 6.07 Å². The van der Waals surface area contributed by atoms with Crippen LogP contribution in [0.4, 0.5) is 0 Å². The van der Waals surface area contributed by atoms with Crippen molar-refractivity contribution in [2.24, 2.45) is 23.7 Å². The highest BCUT2D eigenvalue weighted by Gasteiger charge is 2.50. The maximum atomic E-state index is 11.1. The number of carbonyl (C=O) groups is 1. The minimum atomic E-state index is -1.20. The van der Waals surface area contributed by atoms with Crippen molar-refractivity contribution in [1.29, 1.82) is 5.26 Å². The maximum absolute atomic E-state index is 11.1. The SMILES string of the molecule is N#Cc1c(C2C3CC4CC(C3)CC2C4)noc1C(=O)O. The molecule has 0 spiro atoms. The van der Waals surface area contributed by atoms with E-state index in [-0.39, 0.29) is 17.2 Å². The Labute approximate surface area is 116 Å². The van der Waals surface area contributed by atoms with Gasteiger partial charge in [0.25, 0.3) is 5.76 Å². The van der Waals surface area contributed by atoms with E-state index < -0.39 is 5.97 Å². The summed E-state index contributed by atoms with van der Waals surface area (Å²) in [4.78, 5) is 11.1. The molecule has 1 aromatic heterocycles. The van der Waals surface area contributed by atoms with Crippen LogP contribution in [0, 0.1) is 35.0 Å². The minimum Gasteiger partial charge on any atom is -0.475 e. The van der Waals surface area contributed by atoms with E-state index in [4.69, 9.17) is 9.63 Å². The predicted octanol–water partition coefficient (Wildman–Crippen LogP) is 2.78. The highest BCUT2D eigenvalue weighted by molar-refractivity contribution is 5.87. The van der Waals surface area contributed by atoms with Gasteiger partial charge in [0.2, 0.25) is 0 Å². The van der Waals surface area contributed by atoms with Crippen LogP contribution in [0.2, 0.25) is 0 Å². The summed E-state index contributed by atoms with van der Waals surface area (Å²) in [6.07, 6.45) is 6.19. The largest absolute Gasteiger partial charge is 0.475 e. The Morgan fingerprint density at radius 2 is 1.80 bits per heavy atom. The molecule has 4 aliphatic carbocycles. The molecule has 5 heteroatoms. The molecule has 4 aliphatic rings. The third-order valence-corrected chi connectivity index (χ3v) is 5.57. The number of hydrogen-bond donors (Lipinski definition) is 1. The summed E-state index contributed by atoms with van der Waals surface area (Å²) in [7, 11) is 0. The van der Waals surface area contributed by atoms with E-state index in [0.29, 0.717) is 17.5 Å². The highest BCUT2D eigenvalue weighted by atomic mass is 16.5. The lowest BCUT2D eigenvalue weighted by molar-refractivity contribution is -0.00513. The zero-order valence-corrected chi connectivity index (χ0v) is 11.1. The van der Waals surface area contributed by atoms with E-state index in [0.717, 1.165) is 11.8 Å². The van der Waals surface area contributed by atoms with Crippen molar-refractivity contribution in [1.82, 2.24) is 5.16 Å². The van der Waals surface area contributed by atoms with E-state index in [1.54, 1.807) is 0 Å². The topological polar surface area (TPSA) is 87.1 Å². The van der Waals surface area contributed by atoms with Gasteiger partial charge in [-0.2, -0.15) is 5.26 Å². The average Bonchev–Trinajstić information content (AvgIpc) is 2.81. The van der Waals surface area contributed by atoms with Crippen LogP contribution in [0.15, 0.2) is 4.52 Å². The summed E-state index contributed by atoms with van der Waals surface area (Å²) in [6.45, 7) is 0. The monoisotopic (exact) mass is 272 g/mol. The van der Waals surface area contributed by atoms with Gasteiger partial charge in [-0.1, -0.05) is 5.16 Å². The molecule has 5 rings (SSSR count). The molecule has 1 heterocycles. The van der Waals surface area contributed by atoms with Crippen LogP contribution in [-0.2, 0) is 0 Å². The molecule has 0 aromatic carbocycles. The number of carboxylic acid groups (broad SMARTS) is 1. The first kappa shape index (κ1) is 12.0. The van der Waals surface area contributed by atoms with Gasteiger partial charge in [-0.25, -0.2) is 4.79 Å². The summed E-state index contributed by atoms with van der Waals surface area (Å²) in [5, 5.41) is 22.3. The van der Waals surface area contributed by atoms with Crippen LogP contribution in [0.3, 0.4) is 0 Å². The van der Waals surface area contributed by atoms with Gasteiger partial charge in [-0.15, -0.1) is 0 Å². The smallest absolute Gasteiger partial charge is 0.376 e. The molecule has 0 atom stereocenters. The van der Waals surface area contributed by atoms with Crippen LogP contribution in [-0.4, -0.2) is 16.2 Å². The van der Waals surface area contributed by atoms with Crippen LogP contribution in [0.5, 0.6) is 0 Å². The molecule has 0 radical (unpaired) electrons. The van der Waals surface area contributed by atoms with Crippen molar-refractivity contribution in [2.45, 2.75) is 38.0 Å². The number of nitriles is 1.